The van der Waals surface area contributed by atoms with Gasteiger partial charge in [-0.15, -0.1) is 0 Å². The number of hydrogen-bond donors (Lipinski definition) is 0. The molecule has 1 aliphatic carbocycles. The fraction of sp³-hybridized carbons (Fsp3) is 0.381. The van der Waals surface area contributed by atoms with Crippen molar-refractivity contribution in [3.05, 3.63) is 54.1 Å². The van der Waals surface area contributed by atoms with Crippen LogP contribution in [-0.4, -0.2) is 40.8 Å². The van der Waals surface area contributed by atoms with Gasteiger partial charge in [0.15, 0.2) is 0 Å². The van der Waals surface area contributed by atoms with Crippen molar-refractivity contribution in [3.8, 4) is 11.5 Å². The number of esters is 1. The molecule has 0 unspecified atom stereocenters. The second-order valence-electron chi connectivity index (χ2n) is 6.85. The fourth-order valence-corrected chi connectivity index (χ4v) is 3.84. The maximum absolute atomic E-state index is 12.3. The van der Waals surface area contributed by atoms with Crippen molar-refractivity contribution in [1.29, 1.82) is 0 Å². The van der Waals surface area contributed by atoms with E-state index in [1.165, 1.54) is 31.4 Å². The van der Waals surface area contributed by atoms with E-state index in [9.17, 15) is 13.2 Å². The summed E-state index contributed by atoms with van der Waals surface area (Å²) in [6.07, 6.45) is 1.41. The Labute approximate surface area is 170 Å². The second-order valence-corrected chi connectivity index (χ2v) is 8.40. The highest BCUT2D eigenvalue weighted by atomic mass is 32.2. The molecule has 0 saturated heterocycles. The summed E-state index contributed by atoms with van der Waals surface area (Å²) in [6.45, 7) is 2.63. The Bertz CT molecular complexity index is 915. The van der Waals surface area contributed by atoms with Crippen LogP contribution in [0.3, 0.4) is 0 Å². The molecular weight excluding hydrogens is 396 g/mol. The number of rotatable bonds is 9. The first-order valence-corrected chi connectivity index (χ1v) is 10.7. The predicted octanol–water partition coefficient (Wildman–Crippen LogP) is 3.11. The number of hydrogen-bond acceptors (Lipinski definition) is 7. The van der Waals surface area contributed by atoms with Gasteiger partial charge >= 0.3 is 16.1 Å². The molecule has 1 aliphatic rings. The van der Waals surface area contributed by atoms with Crippen LogP contribution in [0.25, 0.3) is 0 Å². The molecule has 156 valence electrons. The molecule has 2 aromatic carbocycles. The molecule has 0 atom stereocenters. The van der Waals surface area contributed by atoms with Crippen molar-refractivity contribution < 1.29 is 31.6 Å². The number of ether oxygens (including phenoxy) is 3. The third-order valence-corrected chi connectivity index (χ3v) is 5.94. The summed E-state index contributed by atoms with van der Waals surface area (Å²) in [5.74, 6) is 0.537. The van der Waals surface area contributed by atoms with Gasteiger partial charge in [0.25, 0.3) is 0 Å². The van der Waals surface area contributed by atoms with E-state index in [1.807, 2.05) is 6.92 Å². The topological polar surface area (TPSA) is 88.1 Å². The summed E-state index contributed by atoms with van der Waals surface area (Å²) in [5.41, 5.74) is 0.968. The average Bonchev–Trinajstić information content (AvgIpc) is 2.67. The van der Waals surface area contributed by atoms with Crippen LogP contribution in [-0.2, 0) is 24.4 Å². The van der Waals surface area contributed by atoms with Gasteiger partial charge in [0.2, 0.25) is 0 Å². The minimum Gasteiger partial charge on any atom is -0.491 e. The van der Waals surface area contributed by atoms with Gasteiger partial charge in [-0.25, -0.2) is 0 Å². The summed E-state index contributed by atoms with van der Waals surface area (Å²) in [6, 6.07) is 12.8. The van der Waals surface area contributed by atoms with E-state index in [4.69, 9.17) is 13.7 Å². The Balaban J connectivity index is 1.41. The first-order chi connectivity index (χ1) is 13.9. The van der Waals surface area contributed by atoms with Crippen LogP contribution in [0, 0.1) is 12.8 Å². The van der Waals surface area contributed by atoms with Gasteiger partial charge in [-0.05, 0) is 56.2 Å². The van der Waals surface area contributed by atoms with Crippen LogP contribution >= 0.6 is 0 Å². The number of carbonyl (C=O) groups excluding carboxylic acids is 1. The SMILES string of the molecule is COC(=O)C1CC(OCCOc2ccc(OS(=O)(=O)c3ccc(C)cc3)cc2)C1. The van der Waals surface area contributed by atoms with Crippen LogP contribution in [0.5, 0.6) is 11.5 Å². The molecule has 0 aliphatic heterocycles. The van der Waals surface area contributed by atoms with E-state index in [-0.39, 0.29) is 28.6 Å². The zero-order chi connectivity index (χ0) is 20.9. The molecule has 0 N–H and O–H groups in total. The molecule has 29 heavy (non-hydrogen) atoms. The lowest BCUT2D eigenvalue weighted by Gasteiger charge is -2.32. The standard InChI is InChI=1S/C21H24O7S/c1-15-3-9-20(10-4-15)29(23,24)28-18-7-5-17(6-8-18)26-11-12-27-19-13-16(14-19)21(22)25-2/h3-10,16,19H,11-14H2,1-2H3. The van der Waals surface area contributed by atoms with Gasteiger partial charge < -0.3 is 18.4 Å². The second kappa shape index (κ2) is 9.28. The Kier molecular flexibility index (Phi) is 6.76. The third-order valence-electron chi connectivity index (χ3n) is 4.67. The highest BCUT2D eigenvalue weighted by Gasteiger charge is 2.35. The highest BCUT2D eigenvalue weighted by Crippen LogP contribution is 2.31. The lowest BCUT2D eigenvalue weighted by atomic mass is 9.82. The molecule has 0 aromatic heterocycles. The first kappa shape index (κ1) is 21.1. The van der Waals surface area contributed by atoms with Gasteiger partial charge in [-0.3, -0.25) is 4.79 Å². The Morgan fingerprint density at radius 1 is 0.966 bits per heavy atom. The van der Waals surface area contributed by atoms with E-state index in [0.717, 1.165) is 5.56 Å². The van der Waals surface area contributed by atoms with Crippen LogP contribution in [0.2, 0.25) is 0 Å². The van der Waals surface area contributed by atoms with Crippen LogP contribution in [0.4, 0.5) is 0 Å². The lowest BCUT2D eigenvalue weighted by Crippen LogP contribution is -2.37. The van der Waals surface area contributed by atoms with Gasteiger partial charge in [-0.1, -0.05) is 17.7 Å². The summed E-state index contributed by atoms with van der Waals surface area (Å²) in [5, 5.41) is 0. The highest BCUT2D eigenvalue weighted by molar-refractivity contribution is 7.87. The van der Waals surface area contributed by atoms with Gasteiger partial charge in [0, 0.05) is 0 Å². The quantitative estimate of drug-likeness (QED) is 0.350. The van der Waals surface area contributed by atoms with Crippen molar-refractivity contribution in [1.82, 2.24) is 0 Å². The van der Waals surface area contributed by atoms with E-state index >= 15 is 0 Å². The van der Waals surface area contributed by atoms with E-state index in [0.29, 0.717) is 31.8 Å². The zero-order valence-electron chi connectivity index (χ0n) is 16.4. The number of aryl methyl sites for hydroxylation is 1. The molecule has 1 fully saturated rings. The molecule has 7 nitrogen and oxygen atoms in total. The molecule has 1 saturated carbocycles. The summed E-state index contributed by atoms with van der Waals surface area (Å²) in [4.78, 5) is 11.4. The summed E-state index contributed by atoms with van der Waals surface area (Å²) < 4.78 is 45.6. The van der Waals surface area contributed by atoms with E-state index < -0.39 is 10.1 Å². The molecule has 0 amide bonds. The van der Waals surface area contributed by atoms with Crippen molar-refractivity contribution in [3.63, 3.8) is 0 Å². The number of benzene rings is 2. The minimum atomic E-state index is -3.88. The van der Waals surface area contributed by atoms with Crippen molar-refractivity contribution >= 4 is 16.1 Å². The van der Waals surface area contributed by atoms with E-state index in [2.05, 4.69) is 4.74 Å². The molecule has 0 radical (unpaired) electrons. The minimum absolute atomic E-state index is 0.0605. The number of methoxy groups -OCH3 is 1. The van der Waals surface area contributed by atoms with Gasteiger partial charge in [-0.2, -0.15) is 8.42 Å². The molecular formula is C21H24O7S. The Morgan fingerprint density at radius 2 is 1.59 bits per heavy atom. The third kappa shape index (κ3) is 5.71. The molecule has 0 bridgehead atoms. The Morgan fingerprint density at radius 3 is 2.21 bits per heavy atom. The molecule has 0 heterocycles. The monoisotopic (exact) mass is 420 g/mol. The van der Waals surface area contributed by atoms with Crippen LogP contribution in [0.1, 0.15) is 18.4 Å². The molecule has 3 rings (SSSR count). The summed E-state index contributed by atoms with van der Waals surface area (Å²) in [7, 11) is -2.49. The zero-order valence-corrected chi connectivity index (χ0v) is 17.2. The van der Waals surface area contributed by atoms with Gasteiger partial charge in [0.05, 0.1) is 25.7 Å². The maximum atomic E-state index is 12.3. The van der Waals surface area contributed by atoms with Crippen molar-refractivity contribution in [2.24, 2.45) is 5.92 Å². The fourth-order valence-electron chi connectivity index (χ4n) is 2.91. The maximum Gasteiger partial charge on any atom is 0.339 e. The van der Waals surface area contributed by atoms with Crippen LogP contribution < -0.4 is 8.92 Å². The summed E-state index contributed by atoms with van der Waals surface area (Å²) >= 11 is 0. The Hall–Kier alpha value is -2.58. The van der Waals surface area contributed by atoms with Crippen molar-refractivity contribution in [2.75, 3.05) is 20.3 Å². The lowest BCUT2D eigenvalue weighted by molar-refractivity contribution is -0.155. The average molecular weight is 420 g/mol. The molecule has 2 aromatic rings. The predicted molar refractivity (Wildman–Crippen MR) is 105 cm³/mol. The number of carbonyl (C=O) groups is 1. The van der Waals surface area contributed by atoms with Gasteiger partial charge in [0.1, 0.15) is 23.0 Å². The smallest absolute Gasteiger partial charge is 0.339 e. The first-order valence-electron chi connectivity index (χ1n) is 9.31. The largest absolute Gasteiger partial charge is 0.491 e. The van der Waals surface area contributed by atoms with Crippen molar-refractivity contribution in [2.45, 2.75) is 30.8 Å². The van der Waals surface area contributed by atoms with Crippen LogP contribution in [0.15, 0.2) is 53.4 Å². The van der Waals surface area contributed by atoms with E-state index in [1.54, 1.807) is 24.3 Å². The normalized spacial score (nSPS) is 18.6. The molecule has 8 heteroatoms. The molecule has 0 spiro atoms.